The van der Waals surface area contributed by atoms with Gasteiger partial charge in [-0.25, -0.2) is 0 Å². The number of halogens is 1. The Labute approximate surface area is 191 Å². The number of methoxy groups -OCH3 is 1. The zero-order chi connectivity index (χ0) is 21.5. The van der Waals surface area contributed by atoms with Crippen LogP contribution in [0, 0.1) is 0 Å². The van der Waals surface area contributed by atoms with E-state index >= 15 is 0 Å². The van der Waals surface area contributed by atoms with Crippen LogP contribution in [0.3, 0.4) is 0 Å². The molecule has 0 aliphatic heterocycles. The van der Waals surface area contributed by atoms with Crippen LogP contribution in [0.1, 0.15) is 28.2 Å². The fraction of sp³-hybridized carbons (Fsp3) is 0.0741. The molecule has 0 aliphatic rings. The third-order valence-corrected chi connectivity index (χ3v) is 5.61. The number of nitrogens with zero attached hydrogens (tertiary/aromatic N) is 1. The molecule has 0 aliphatic carbocycles. The van der Waals surface area contributed by atoms with Crippen LogP contribution in [0.25, 0.3) is 0 Å². The molecule has 0 bridgehead atoms. The summed E-state index contributed by atoms with van der Waals surface area (Å²) in [5.74, 6) is 0.990. The molecule has 4 rings (SSSR count). The summed E-state index contributed by atoms with van der Waals surface area (Å²) in [5.41, 5.74) is 8.70. The first kappa shape index (κ1) is 20.9. The van der Waals surface area contributed by atoms with E-state index in [-0.39, 0.29) is 5.92 Å². The maximum absolute atomic E-state index is 5.46. The molecule has 0 heterocycles. The molecular formula is C27H23BrN2O. The Balaban J connectivity index is 1.57. The first-order valence-corrected chi connectivity index (χ1v) is 10.9. The van der Waals surface area contributed by atoms with Gasteiger partial charge in [0.15, 0.2) is 0 Å². The summed E-state index contributed by atoms with van der Waals surface area (Å²) < 4.78 is 6.50. The second-order valence-corrected chi connectivity index (χ2v) is 8.08. The summed E-state index contributed by atoms with van der Waals surface area (Å²) in [5, 5.41) is 4.35. The van der Waals surface area contributed by atoms with Crippen molar-refractivity contribution in [1.29, 1.82) is 0 Å². The van der Waals surface area contributed by atoms with Crippen molar-refractivity contribution >= 4 is 27.8 Å². The monoisotopic (exact) mass is 470 g/mol. The van der Waals surface area contributed by atoms with Crippen molar-refractivity contribution in [1.82, 2.24) is 0 Å². The standard InChI is InChI=1S/C27H23BrN2O/c1-31-26-9-5-8-23(18-26)27(21-6-3-2-4-7-21)22-12-10-20(11-13-22)19-29-30-25-16-14-24(28)15-17-25/h2-19,27,30H,1H3/b29-19+/t27-/m1/s1. The maximum Gasteiger partial charge on any atom is 0.119 e. The SMILES string of the molecule is COc1cccc([C@H](c2ccccc2)c2ccc(/C=N/Nc3ccc(Br)cc3)cc2)c1. The Morgan fingerprint density at radius 2 is 1.45 bits per heavy atom. The summed E-state index contributed by atoms with van der Waals surface area (Å²) in [6, 6.07) is 35.3. The summed E-state index contributed by atoms with van der Waals surface area (Å²) in [4.78, 5) is 0. The van der Waals surface area contributed by atoms with Gasteiger partial charge in [0, 0.05) is 10.4 Å². The highest BCUT2D eigenvalue weighted by molar-refractivity contribution is 9.10. The third-order valence-electron chi connectivity index (χ3n) is 5.08. The van der Waals surface area contributed by atoms with Gasteiger partial charge in [-0.1, -0.05) is 82.7 Å². The first-order chi connectivity index (χ1) is 15.2. The highest BCUT2D eigenvalue weighted by Gasteiger charge is 2.17. The van der Waals surface area contributed by atoms with Gasteiger partial charge in [0.1, 0.15) is 5.75 Å². The minimum absolute atomic E-state index is 0.128. The molecule has 4 aromatic rings. The second-order valence-electron chi connectivity index (χ2n) is 7.16. The lowest BCUT2D eigenvalue weighted by Gasteiger charge is -2.19. The molecule has 0 spiro atoms. The van der Waals surface area contributed by atoms with Gasteiger partial charge in [-0.2, -0.15) is 5.10 Å². The lowest BCUT2D eigenvalue weighted by atomic mass is 9.85. The Morgan fingerprint density at radius 1 is 0.774 bits per heavy atom. The van der Waals surface area contributed by atoms with E-state index in [9.17, 15) is 0 Å². The molecule has 4 heteroatoms. The number of hydrogen-bond donors (Lipinski definition) is 1. The number of rotatable bonds is 7. The van der Waals surface area contributed by atoms with Crippen molar-refractivity contribution in [2.75, 3.05) is 12.5 Å². The Bertz CT molecular complexity index is 1140. The molecule has 3 nitrogen and oxygen atoms in total. The number of hydrazone groups is 1. The first-order valence-electron chi connectivity index (χ1n) is 10.1. The van der Waals surface area contributed by atoms with Crippen LogP contribution < -0.4 is 10.2 Å². The Morgan fingerprint density at radius 3 is 2.16 bits per heavy atom. The van der Waals surface area contributed by atoms with Crippen molar-refractivity contribution in [3.63, 3.8) is 0 Å². The van der Waals surface area contributed by atoms with Crippen LogP contribution in [-0.4, -0.2) is 13.3 Å². The minimum Gasteiger partial charge on any atom is -0.497 e. The number of benzene rings is 4. The molecule has 154 valence electrons. The summed E-state index contributed by atoms with van der Waals surface area (Å²) >= 11 is 3.44. The quantitative estimate of drug-likeness (QED) is 0.177. The molecule has 0 saturated heterocycles. The zero-order valence-electron chi connectivity index (χ0n) is 17.2. The third kappa shape index (κ3) is 5.41. The van der Waals surface area contributed by atoms with Gasteiger partial charge in [-0.3, -0.25) is 5.43 Å². The molecule has 0 fully saturated rings. The van der Waals surface area contributed by atoms with E-state index in [1.165, 1.54) is 16.7 Å². The topological polar surface area (TPSA) is 33.6 Å². The normalized spacial score (nSPS) is 11.9. The number of anilines is 1. The lowest BCUT2D eigenvalue weighted by Crippen LogP contribution is -2.04. The van der Waals surface area contributed by atoms with Gasteiger partial charge in [0.2, 0.25) is 0 Å². The van der Waals surface area contributed by atoms with Crippen molar-refractivity contribution in [3.8, 4) is 5.75 Å². The highest BCUT2D eigenvalue weighted by Crippen LogP contribution is 2.33. The predicted molar refractivity (Wildman–Crippen MR) is 132 cm³/mol. The molecule has 0 aromatic heterocycles. The molecule has 0 unspecified atom stereocenters. The van der Waals surface area contributed by atoms with Gasteiger partial charge in [0.05, 0.1) is 19.0 Å². The van der Waals surface area contributed by atoms with Crippen LogP contribution in [0.5, 0.6) is 5.75 Å². The molecular weight excluding hydrogens is 448 g/mol. The van der Waals surface area contributed by atoms with Gasteiger partial charge in [0.25, 0.3) is 0 Å². The van der Waals surface area contributed by atoms with Crippen LogP contribution in [0.15, 0.2) is 113 Å². The van der Waals surface area contributed by atoms with Crippen molar-refractivity contribution in [2.45, 2.75) is 5.92 Å². The lowest BCUT2D eigenvalue weighted by molar-refractivity contribution is 0.414. The molecule has 4 aromatic carbocycles. The smallest absolute Gasteiger partial charge is 0.119 e. The largest absolute Gasteiger partial charge is 0.497 e. The van der Waals surface area contributed by atoms with Crippen molar-refractivity contribution < 1.29 is 4.74 Å². The number of nitrogens with one attached hydrogen (secondary N) is 1. The second kappa shape index (κ2) is 10.1. The van der Waals surface area contributed by atoms with Crippen LogP contribution in [-0.2, 0) is 0 Å². The van der Waals surface area contributed by atoms with E-state index in [1.807, 2.05) is 48.7 Å². The van der Waals surface area contributed by atoms with E-state index in [1.54, 1.807) is 7.11 Å². The maximum atomic E-state index is 5.46. The molecule has 0 radical (unpaired) electrons. The highest BCUT2D eigenvalue weighted by atomic mass is 79.9. The average molecular weight is 471 g/mol. The number of hydrogen-bond acceptors (Lipinski definition) is 3. The molecule has 0 amide bonds. The minimum atomic E-state index is 0.128. The van der Waals surface area contributed by atoms with E-state index in [0.717, 1.165) is 21.5 Å². The predicted octanol–water partition coefficient (Wildman–Crippen LogP) is 7.08. The fourth-order valence-corrected chi connectivity index (χ4v) is 3.79. The van der Waals surface area contributed by atoms with E-state index < -0.39 is 0 Å². The van der Waals surface area contributed by atoms with Gasteiger partial charge >= 0.3 is 0 Å². The molecule has 31 heavy (non-hydrogen) atoms. The van der Waals surface area contributed by atoms with Gasteiger partial charge < -0.3 is 4.74 Å². The fourth-order valence-electron chi connectivity index (χ4n) is 3.52. The van der Waals surface area contributed by atoms with E-state index in [0.29, 0.717) is 0 Å². The van der Waals surface area contributed by atoms with Crippen molar-refractivity contribution in [2.24, 2.45) is 5.10 Å². The average Bonchev–Trinajstić information content (AvgIpc) is 2.82. The van der Waals surface area contributed by atoms with Crippen LogP contribution in [0.4, 0.5) is 5.69 Å². The molecule has 1 N–H and O–H groups in total. The Hall–Kier alpha value is -3.37. The molecule has 1 atom stereocenters. The summed E-state index contributed by atoms with van der Waals surface area (Å²) in [6.07, 6.45) is 1.83. The molecule has 0 saturated carbocycles. The summed E-state index contributed by atoms with van der Waals surface area (Å²) in [6.45, 7) is 0. The van der Waals surface area contributed by atoms with Crippen LogP contribution in [0.2, 0.25) is 0 Å². The van der Waals surface area contributed by atoms with E-state index in [2.05, 4.69) is 87.1 Å². The van der Waals surface area contributed by atoms with Gasteiger partial charge in [-0.05, 0) is 58.7 Å². The van der Waals surface area contributed by atoms with Gasteiger partial charge in [-0.15, -0.1) is 0 Å². The Kier molecular flexibility index (Phi) is 6.80. The van der Waals surface area contributed by atoms with Crippen LogP contribution >= 0.6 is 15.9 Å². The zero-order valence-corrected chi connectivity index (χ0v) is 18.8. The summed E-state index contributed by atoms with van der Waals surface area (Å²) in [7, 11) is 1.70. The van der Waals surface area contributed by atoms with Crippen molar-refractivity contribution in [3.05, 3.63) is 130 Å². The van der Waals surface area contributed by atoms with E-state index in [4.69, 9.17) is 4.74 Å². The number of ether oxygens (including phenoxy) is 1.